The number of rotatable bonds is 6. The monoisotopic (exact) mass is 777 g/mol. The van der Waals surface area contributed by atoms with Gasteiger partial charge in [0.2, 0.25) is 0 Å². The number of pyridine rings is 1. The zero-order chi connectivity index (χ0) is 45.3. The van der Waals surface area contributed by atoms with E-state index < -0.39 is 0 Å². The summed E-state index contributed by atoms with van der Waals surface area (Å²) in [4.78, 5) is 10.4. The van der Waals surface area contributed by atoms with Gasteiger partial charge in [0.25, 0.3) is 0 Å². The number of nitrogens with zero attached hydrogens (tertiary/aromatic N) is 3. The molecule has 4 heteroatoms. The van der Waals surface area contributed by atoms with E-state index >= 15 is 0 Å². The number of phenolic OH excluding ortho intramolecular Hbond substituents is 1. The van der Waals surface area contributed by atoms with Crippen LogP contribution in [0.4, 0.5) is 0 Å². The molecule has 0 unspecified atom stereocenters. The van der Waals surface area contributed by atoms with Crippen molar-refractivity contribution >= 4 is 11.0 Å². The fourth-order valence-electron chi connectivity index (χ4n) is 7.72. The van der Waals surface area contributed by atoms with Crippen molar-refractivity contribution in [2.75, 3.05) is 0 Å². The largest absolute Gasteiger partial charge is 0.507 e. The van der Waals surface area contributed by atoms with Crippen LogP contribution in [0.1, 0.15) is 90.1 Å². The van der Waals surface area contributed by atoms with Crippen molar-refractivity contribution in [1.82, 2.24) is 14.5 Å². The van der Waals surface area contributed by atoms with Crippen LogP contribution < -0.4 is 0 Å². The van der Waals surface area contributed by atoms with Gasteiger partial charge in [-0.2, -0.15) is 0 Å². The second-order valence-electron chi connectivity index (χ2n) is 18.7. The Morgan fingerprint density at radius 2 is 1.19 bits per heavy atom. The molecule has 59 heavy (non-hydrogen) atoms. The smallest absolute Gasteiger partial charge is 0.149 e. The van der Waals surface area contributed by atoms with Crippen LogP contribution in [-0.4, -0.2) is 19.6 Å². The van der Waals surface area contributed by atoms with E-state index in [4.69, 9.17) is 15.5 Å². The predicted octanol–water partition coefficient (Wildman–Crippen LogP) is 14.7. The minimum atomic E-state index is -0.351. The first-order valence-electron chi connectivity index (χ1n) is 22.4. The molecule has 1 N–H and O–H groups in total. The summed E-state index contributed by atoms with van der Waals surface area (Å²) < 4.78 is 36.8. The second-order valence-corrected chi connectivity index (χ2v) is 18.7. The topological polar surface area (TPSA) is 50.9 Å². The first-order valence-corrected chi connectivity index (χ1v) is 20.4. The Morgan fingerprint density at radius 3 is 1.88 bits per heavy atom. The summed E-state index contributed by atoms with van der Waals surface area (Å²) in [7, 11) is 0. The maximum Gasteiger partial charge on any atom is 0.149 e. The van der Waals surface area contributed by atoms with Gasteiger partial charge in [0.1, 0.15) is 11.6 Å². The number of aromatic nitrogens is 3. The van der Waals surface area contributed by atoms with E-state index in [0.717, 1.165) is 61.2 Å². The average molecular weight is 778 g/mol. The fourth-order valence-corrected chi connectivity index (χ4v) is 7.72. The number of aromatic hydroxyl groups is 1. The van der Waals surface area contributed by atoms with E-state index in [1.165, 1.54) is 0 Å². The molecule has 4 nitrogen and oxygen atoms in total. The van der Waals surface area contributed by atoms with Gasteiger partial charge in [-0.25, -0.2) is 4.98 Å². The van der Waals surface area contributed by atoms with Gasteiger partial charge in [0.05, 0.1) is 33.5 Å². The van der Waals surface area contributed by atoms with Gasteiger partial charge in [-0.3, -0.25) is 9.55 Å². The van der Waals surface area contributed by atoms with Crippen LogP contribution in [0.3, 0.4) is 0 Å². The maximum absolute atomic E-state index is 12.4. The van der Waals surface area contributed by atoms with Crippen LogP contribution >= 0.6 is 0 Å². The number of para-hydroxylation sites is 2. The SMILES string of the molecule is [2H]c1c([2H])c(-c2ccnc(-c3cc(-c4cccc5c4nc(-c4cc(C(C)(C)C)cc(C(C)(C)C)c4O)n5-c4ccccc4-c4ccccc4)cc(C(C)(C)C)c3)c2)c([2H])c([2H])c1C. The second kappa shape index (κ2) is 14.8. The lowest BCUT2D eigenvalue weighted by Gasteiger charge is -2.27. The van der Waals surface area contributed by atoms with Gasteiger partial charge in [-0.05, 0) is 99.0 Å². The third kappa shape index (κ3) is 7.72. The highest BCUT2D eigenvalue weighted by Gasteiger charge is 2.29. The molecule has 0 radical (unpaired) electrons. The lowest BCUT2D eigenvalue weighted by molar-refractivity contribution is 0.446. The molecule has 0 fully saturated rings. The van der Waals surface area contributed by atoms with Crippen LogP contribution in [0.25, 0.3) is 72.7 Å². The summed E-state index contributed by atoms with van der Waals surface area (Å²) in [5, 5.41) is 12.4. The molecule has 0 aliphatic heterocycles. The molecule has 0 aliphatic carbocycles. The highest BCUT2D eigenvalue weighted by atomic mass is 16.3. The average Bonchev–Trinajstić information content (AvgIpc) is 3.64. The zero-order valence-electron chi connectivity index (χ0n) is 39.8. The quantitative estimate of drug-likeness (QED) is 0.183. The molecule has 0 spiro atoms. The van der Waals surface area contributed by atoms with Crippen molar-refractivity contribution in [3.63, 3.8) is 0 Å². The van der Waals surface area contributed by atoms with E-state index in [-0.39, 0.29) is 51.7 Å². The molecule has 6 aromatic carbocycles. The fraction of sp³-hybridized carbons (Fsp3) is 0.236. The molecule has 0 saturated carbocycles. The number of phenols is 1. The zero-order valence-corrected chi connectivity index (χ0v) is 35.8. The van der Waals surface area contributed by atoms with Gasteiger partial charge >= 0.3 is 0 Å². The molecule has 8 aromatic rings. The normalized spacial score (nSPS) is 13.3. The number of fused-ring (bicyclic) bond motifs is 1. The van der Waals surface area contributed by atoms with Crippen LogP contribution in [0, 0.1) is 6.92 Å². The Bertz CT molecular complexity index is 3040. The van der Waals surface area contributed by atoms with Crippen molar-refractivity contribution in [2.45, 2.75) is 85.5 Å². The van der Waals surface area contributed by atoms with Gasteiger partial charge in [-0.15, -0.1) is 0 Å². The summed E-state index contributed by atoms with van der Waals surface area (Å²) >= 11 is 0. The van der Waals surface area contributed by atoms with Gasteiger partial charge in [-0.1, -0.05) is 165 Å². The lowest BCUT2D eigenvalue weighted by Crippen LogP contribution is -2.17. The minimum Gasteiger partial charge on any atom is -0.507 e. The highest BCUT2D eigenvalue weighted by molar-refractivity contribution is 5.98. The van der Waals surface area contributed by atoms with Crippen molar-refractivity contribution < 1.29 is 10.6 Å². The van der Waals surface area contributed by atoms with Crippen molar-refractivity contribution in [3.8, 4) is 67.5 Å². The minimum absolute atomic E-state index is 0.0484. The molecular formula is C55H55N3O. The van der Waals surface area contributed by atoms with Gasteiger partial charge in [0, 0.05) is 28.5 Å². The van der Waals surface area contributed by atoms with E-state index in [1.54, 1.807) is 19.2 Å². The van der Waals surface area contributed by atoms with Crippen LogP contribution in [0.5, 0.6) is 5.75 Å². The molecule has 2 aromatic heterocycles. The molecule has 0 amide bonds. The first kappa shape index (κ1) is 34.8. The Labute approximate surface area is 355 Å². The van der Waals surface area contributed by atoms with Crippen LogP contribution in [0.2, 0.25) is 0 Å². The van der Waals surface area contributed by atoms with Crippen molar-refractivity contribution in [1.29, 1.82) is 0 Å². The molecule has 2 heterocycles. The summed E-state index contributed by atoms with van der Waals surface area (Å²) in [5.74, 6) is 0.846. The summed E-state index contributed by atoms with van der Waals surface area (Å²) in [5.41, 5.74) is 12.0. The Morgan fingerprint density at radius 1 is 0.542 bits per heavy atom. The Kier molecular flexibility index (Phi) is 8.74. The molecular weight excluding hydrogens is 719 g/mol. The van der Waals surface area contributed by atoms with Crippen molar-refractivity contribution in [3.05, 3.63) is 168 Å². The predicted molar refractivity (Wildman–Crippen MR) is 249 cm³/mol. The number of hydrogen-bond donors (Lipinski definition) is 1. The van der Waals surface area contributed by atoms with Crippen LogP contribution in [0.15, 0.2) is 146 Å². The molecule has 296 valence electrons. The molecule has 0 atom stereocenters. The van der Waals surface area contributed by atoms with E-state index in [1.807, 2.05) is 30.3 Å². The van der Waals surface area contributed by atoms with Gasteiger partial charge in [0.15, 0.2) is 0 Å². The molecule has 0 bridgehead atoms. The summed E-state index contributed by atoms with van der Waals surface area (Å²) in [6.45, 7) is 21.2. The number of hydrogen-bond acceptors (Lipinski definition) is 3. The lowest BCUT2D eigenvalue weighted by atomic mass is 9.79. The standard InChI is InChI=1S/C55H55N3O/c1-35-23-25-36(26-24-35)38-27-28-56-47(32-38)40-29-39(30-41(31-40)53(2,3)4)44-20-16-22-49-50(44)57-52(45-33-42(54(5,6)7)34-46(51(45)59)55(8,9)10)58(49)48-21-15-14-19-43(48)37-17-12-11-13-18-37/h11-34,59H,1-10H3/i23D,24D,25D,26D. The first-order chi connectivity index (χ1) is 29.6. The third-order valence-corrected chi connectivity index (χ3v) is 11.1. The summed E-state index contributed by atoms with van der Waals surface area (Å²) in [6, 6.07) is 39.1. The summed E-state index contributed by atoms with van der Waals surface area (Å²) in [6.07, 6.45) is 1.67. The third-order valence-electron chi connectivity index (χ3n) is 11.1. The van der Waals surface area contributed by atoms with Gasteiger partial charge < -0.3 is 5.11 Å². The Balaban J connectivity index is 1.43. The van der Waals surface area contributed by atoms with E-state index in [2.05, 4.69) is 146 Å². The maximum atomic E-state index is 12.4. The van der Waals surface area contributed by atoms with Crippen LogP contribution in [-0.2, 0) is 16.2 Å². The van der Waals surface area contributed by atoms with E-state index in [0.29, 0.717) is 28.2 Å². The number of imidazole rings is 1. The van der Waals surface area contributed by atoms with E-state index in [9.17, 15) is 5.11 Å². The number of benzene rings is 6. The Hall–Kier alpha value is -6.26. The molecule has 0 saturated heterocycles. The molecule has 0 aliphatic rings. The highest BCUT2D eigenvalue weighted by Crippen LogP contribution is 2.46. The van der Waals surface area contributed by atoms with Crippen molar-refractivity contribution in [2.24, 2.45) is 0 Å². The molecule has 8 rings (SSSR count).